The highest BCUT2D eigenvalue weighted by molar-refractivity contribution is 7.18. The molecular formula is C20H24NO3P. The fourth-order valence-electron chi connectivity index (χ4n) is 2.79. The van der Waals surface area contributed by atoms with Crippen LogP contribution in [0.15, 0.2) is 51.7 Å². The smallest absolute Gasteiger partial charge is 0.419 e. The van der Waals surface area contributed by atoms with Crippen molar-refractivity contribution in [1.82, 2.24) is 4.57 Å². The zero-order valence-electron chi connectivity index (χ0n) is 14.9. The van der Waals surface area contributed by atoms with E-state index in [0.29, 0.717) is 12.1 Å². The van der Waals surface area contributed by atoms with E-state index in [1.165, 1.54) is 0 Å². The monoisotopic (exact) mass is 357 g/mol. The topological polar surface area (TPSA) is 44.4 Å². The molecule has 1 atom stereocenters. The van der Waals surface area contributed by atoms with Crippen LogP contribution in [0, 0.1) is 0 Å². The number of hydrogen-bond donors (Lipinski definition) is 0. The van der Waals surface area contributed by atoms with E-state index in [1.54, 1.807) is 4.57 Å². The van der Waals surface area contributed by atoms with E-state index in [1.807, 2.05) is 56.3 Å². The Hall–Kier alpha value is -2.06. The van der Waals surface area contributed by atoms with Gasteiger partial charge in [-0.25, -0.2) is 4.79 Å². The highest BCUT2D eigenvalue weighted by Crippen LogP contribution is 2.28. The Morgan fingerprint density at radius 1 is 1.12 bits per heavy atom. The van der Waals surface area contributed by atoms with Gasteiger partial charge in [0.2, 0.25) is 0 Å². The third-order valence-corrected chi connectivity index (χ3v) is 4.09. The molecule has 0 aliphatic rings. The van der Waals surface area contributed by atoms with Crippen LogP contribution in [0.2, 0.25) is 0 Å². The molecule has 0 saturated carbocycles. The minimum Gasteiger partial charge on any atom is -0.484 e. The Morgan fingerprint density at radius 2 is 1.80 bits per heavy atom. The summed E-state index contributed by atoms with van der Waals surface area (Å²) in [6.07, 6.45) is 1.99. The second-order valence-corrected chi connectivity index (χ2v) is 8.18. The van der Waals surface area contributed by atoms with Crippen molar-refractivity contribution in [3.63, 3.8) is 0 Å². The highest BCUT2D eigenvalue weighted by Gasteiger charge is 2.13. The molecule has 0 N–H and O–H groups in total. The lowest BCUT2D eigenvalue weighted by molar-refractivity contribution is 0.206. The highest BCUT2D eigenvalue weighted by atomic mass is 31.0. The molecule has 0 saturated heterocycles. The lowest BCUT2D eigenvalue weighted by Gasteiger charge is -2.21. The number of rotatable bonds is 6. The number of hydrogen-bond acceptors (Lipinski definition) is 3. The van der Waals surface area contributed by atoms with Gasteiger partial charge >= 0.3 is 5.76 Å². The third-order valence-electron chi connectivity index (χ3n) is 3.97. The Bertz CT molecular complexity index is 917. The maximum Gasteiger partial charge on any atom is 0.419 e. The van der Waals surface area contributed by atoms with Crippen molar-refractivity contribution in [3.05, 3.63) is 53.0 Å². The first kappa shape index (κ1) is 17.8. The van der Waals surface area contributed by atoms with E-state index in [2.05, 4.69) is 16.2 Å². The van der Waals surface area contributed by atoms with Crippen LogP contribution in [0.3, 0.4) is 0 Å². The lowest BCUT2D eigenvalue weighted by atomic mass is 10.1. The molecule has 1 heterocycles. The van der Waals surface area contributed by atoms with Crippen LogP contribution in [0.4, 0.5) is 0 Å². The number of nitrogens with zero attached hydrogens (tertiary/aromatic N) is 1. The van der Waals surface area contributed by atoms with Gasteiger partial charge in [-0.05, 0) is 55.7 Å². The Balaban J connectivity index is 1.94. The zero-order valence-corrected chi connectivity index (χ0v) is 16.1. The Labute approximate surface area is 150 Å². The van der Waals surface area contributed by atoms with Crippen LogP contribution in [-0.2, 0) is 6.54 Å². The van der Waals surface area contributed by atoms with Gasteiger partial charge in [0.05, 0.1) is 5.52 Å². The molecule has 0 fully saturated rings. The number of unbranched alkanes of at least 4 members (excludes halogenated alkanes) is 1. The van der Waals surface area contributed by atoms with Gasteiger partial charge in [-0.15, -0.1) is 0 Å². The predicted octanol–water partition coefficient (Wildman–Crippen LogP) is 5.05. The molecule has 132 valence electrons. The molecule has 4 nitrogen and oxygen atoms in total. The van der Waals surface area contributed by atoms with Crippen molar-refractivity contribution in [2.75, 3.05) is 0 Å². The number of fused-ring (bicyclic) bond motifs is 1. The Kier molecular flexibility index (Phi) is 5.01. The third kappa shape index (κ3) is 4.13. The lowest BCUT2D eigenvalue weighted by Crippen LogP contribution is -2.18. The minimum absolute atomic E-state index is 0.285. The average molecular weight is 357 g/mol. The molecule has 0 spiro atoms. The fraction of sp³-hybridized carbons (Fsp3) is 0.350. The summed E-state index contributed by atoms with van der Waals surface area (Å²) in [4.78, 5) is 12.0. The normalized spacial score (nSPS) is 11.8. The number of benzene rings is 2. The predicted molar refractivity (Wildman–Crippen MR) is 105 cm³/mol. The summed E-state index contributed by atoms with van der Waals surface area (Å²) in [6.45, 7) is 6.78. The van der Waals surface area contributed by atoms with Crippen LogP contribution in [0.25, 0.3) is 22.2 Å². The van der Waals surface area contributed by atoms with E-state index in [9.17, 15) is 4.79 Å². The molecule has 0 amide bonds. The SMILES string of the molecule is CCCCn1c(=O)oc2ccc(-c3ccc(OC(C)(C)P)cc3)cc21. The first-order valence-electron chi connectivity index (χ1n) is 8.59. The first-order valence-corrected chi connectivity index (χ1v) is 9.17. The van der Waals surface area contributed by atoms with E-state index in [0.717, 1.165) is 35.2 Å². The molecule has 5 heteroatoms. The van der Waals surface area contributed by atoms with E-state index < -0.39 is 0 Å². The molecule has 1 unspecified atom stereocenters. The second kappa shape index (κ2) is 7.05. The molecule has 0 bridgehead atoms. The average Bonchev–Trinajstić information content (AvgIpc) is 2.86. The van der Waals surface area contributed by atoms with E-state index in [-0.39, 0.29) is 11.1 Å². The van der Waals surface area contributed by atoms with Gasteiger partial charge in [0.1, 0.15) is 11.1 Å². The summed E-state index contributed by atoms with van der Waals surface area (Å²) >= 11 is 0. The molecule has 0 radical (unpaired) electrons. The maximum atomic E-state index is 12.0. The van der Waals surface area contributed by atoms with E-state index in [4.69, 9.17) is 9.15 Å². The van der Waals surface area contributed by atoms with Crippen LogP contribution in [0.1, 0.15) is 33.6 Å². The van der Waals surface area contributed by atoms with Crippen LogP contribution >= 0.6 is 9.24 Å². The quantitative estimate of drug-likeness (QED) is 0.580. The van der Waals surface area contributed by atoms with Crippen molar-refractivity contribution in [1.29, 1.82) is 0 Å². The van der Waals surface area contributed by atoms with Crippen LogP contribution in [0.5, 0.6) is 5.75 Å². The second-order valence-electron chi connectivity index (χ2n) is 6.79. The number of aromatic nitrogens is 1. The fourth-order valence-corrected chi connectivity index (χ4v) is 2.92. The summed E-state index contributed by atoms with van der Waals surface area (Å²) in [7, 11) is 2.67. The molecule has 2 aromatic carbocycles. The summed E-state index contributed by atoms with van der Waals surface area (Å²) < 4.78 is 12.9. The molecule has 0 aliphatic carbocycles. The molecule has 25 heavy (non-hydrogen) atoms. The van der Waals surface area contributed by atoms with Crippen molar-refractivity contribution < 1.29 is 9.15 Å². The van der Waals surface area contributed by atoms with Gasteiger partial charge < -0.3 is 9.15 Å². The van der Waals surface area contributed by atoms with Crippen LogP contribution < -0.4 is 10.5 Å². The van der Waals surface area contributed by atoms with Gasteiger partial charge in [-0.2, -0.15) is 0 Å². The summed E-state index contributed by atoms with van der Waals surface area (Å²) in [5.74, 6) is 0.542. The first-order chi connectivity index (χ1) is 11.9. The summed E-state index contributed by atoms with van der Waals surface area (Å²) in [5, 5.41) is -0.299. The largest absolute Gasteiger partial charge is 0.484 e. The van der Waals surface area contributed by atoms with Crippen molar-refractivity contribution in [2.24, 2.45) is 0 Å². The molecular weight excluding hydrogens is 333 g/mol. The maximum absolute atomic E-state index is 12.0. The summed E-state index contributed by atoms with van der Waals surface area (Å²) in [5.41, 5.74) is 3.61. The van der Waals surface area contributed by atoms with E-state index >= 15 is 0 Å². The number of aryl methyl sites for hydroxylation is 1. The molecule has 0 aliphatic heterocycles. The standard InChI is InChI=1S/C20H24NO3P/c1-4-5-12-21-17-13-15(8-11-18(17)23-19(21)22)14-6-9-16(10-7-14)24-20(2,3)25/h6-11,13H,4-5,12,25H2,1-3H3. The minimum atomic E-state index is -0.299. The van der Waals surface area contributed by atoms with Gasteiger partial charge in [0.15, 0.2) is 5.58 Å². The summed E-state index contributed by atoms with van der Waals surface area (Å²) in [6, 6.07) is 13.8. The van der Waals surface area contributed by atoms with Gasteiger partial charge in [-0.1, -0.05) is 40.8 Å². The Morgan fingerprint density at radius 3 is 2.44 bits per heavy atom. The van der Waals surface area contributed by atoms with Crippen molar-refractivity contribution in [2.45, 2.75) is 45.5 Å². The van der Waals surface area contributed by atoms with Crippen molar-refractivity contribution >= 4 is 20.3 Å². The molecule has 1 aromatic heterocycles. The van der Waals surface area contributed by atoms with Gasteiger partial charge in [0.25, 0.3) is 0 Å². The zero-order chi connectivity index (χ0) is 18.0. The molecule has 3 aromatic rings. The van der Waals surface area contributed by atoms with Crippen molar-refractivity contribution in [3.8, 4) is 16.9 Å². The van der Waals surface area contributed by atoms with Crippen LogP contribution in [-0.4, -0.2) is 9.91 Å². The van der Waals surface area contributed by atoms with Gasteiger partial charge in [0, 0.05) is 6.54 Å². The molecule has 3 rings (SSSR count). The number of oxazole rings is 1. The number of ether oxygens (including phenoxy) is 1. The van der Waals surface area contributed by atoms with Gasteiger partial charge in [-0.3, -0.25) is 4.57 Å².